The minimum atomic E-state index is -0.169. The van der Waals surface area contributed by atoms with Gasteiger partial charge in [-0.2, -0.15) is 0 Å². The molecule has 0 saturated heterocycles. The van der Waals surface area contributed by atoms with Crippen molar-refractivity contribution in [1.29, 1.82) is 0 Å². The second-order valence-electron chi connectivity index (χ2n) is 7.41. The molecule has 0 aliphatic heterocycles. The number of nitrogens with zero attached hydrogens (tertiary/aromatic N) is 3. The average Bonchev–Trinajstić information content (AvgIpc) is 3.27. The third-order valence-electron chi connectivity index (χ3n) is 5.02. The molecular formula is C25H25N3O3S. The molecule has 0 bridgehead atoms. The van der Waals surface area contributed by atoms with E-state index in [2.05, 4.69) is 24.0 Å². The fourth-order valence-corrected chi connectivity index (χ4v) is 4.45. The fourth-order valence-electron chi connectivity index (χ4n) is 3.32. The van der Waals surface area contributed by atoms with E-state index in [1.807, 2.05) is 38.1 Å². The van der Waals surface area contributed by atoms with Crippen LogP contribution in [0.4, 0.5) is 5.13 Å². The lowest BCUT2D eigenvalue weighted by atomic mass is 10.1. The molecule has 6 nitrogen and oxygen atoms in total. The van der Waals surface area contributed by atoms with E-state index in [0.717, 1.165) is 32.7 Å². The van der Waals surface area contributed by atoms with Gasteiger partial charge in [0.05, 0.1) is 23.4 Å². The van der Waals surface area contributed by atoms with E-state index in [0.29, 0.717) is 24.0 Å². The Labute approximate surface area is 191 Å². The molecule has 0 saturated carbocycles. The van der Waals surface area contributed by atoms with Crippen molar-refractivity contribution in [3.05, 3.63) is 77.6 Å². The van der Waals surface area contributed by atoms with Crippen LogP contribution < -0.4 is 14.4 Å². The first kappa shape index (κ1) is 21.8. The zero-order chi connectivity index (χ0) is 22.5. The van der Waals surface area contributed by atoms with Gasteiger partial charge in [0.15, 0.2) is 11.7 Å². The monoisotopic (exact) mass is 447 g/mol. The highest BCUT2D eigenvalue weighted by molar-refractivity contribution is 7.22. The van der Waals surface area contributed by atoms with Gasteiger partial charge in [0.25, 0.3) is 5.91 Å². The van der Waals surface area contributed by atoms with Crippen LogP contribution in [0.1, 0.15) is 23.6 Å². The van der Waals surface area contributed by atoms with Crippen LogP contribution in [0.5, 0.6) is 11.5 Å². The molecule has 0 N–H and O–H groups in total. The largest absolute Gasteiger partial charge is 0.494 e. The number of thiazole rings is 1. The van der Waals surface area contributed by atoms with Crippen LogP contribution in [0.2, 0.25) is 0 Å². The number of ether oxygens (including phenoxy) is 2. The minimum Gasteiger partial charge on any atom is -0.494 e. The zero-order valence-corrected chi connectivity index (χ0v) is 19.2. The van der Waals surface area contributed by atoms with Crippen molar-refractivity contribution in [2.24, 2.45) is 0 Å². The summed E-state index contributed by atoms with van der Waals surface area (Å²) in [7, 11) is 0. The molecule has 0 unspecified atom stereocenters. The van der Waals surface area contributed by atoms with Crippen molar-refractivity contribution in [3.8, 4) is 11.5 Å². The second kappa shape index (κ2) is 9.78. The molecule has 164 valence electrons. The molecule has 4 aromatic rings. The molecule has 1 amide bonds. The number of anilines is 1. The standard InChI is InChI=1S/C25H25N3O3S/c1-4-30-20-9-11-21(12-10-20)31-16-22(29)28(15-19-6-5-13-26-14-19)25-27-23-17(2)7-8-18(3)24(23)32-25/h5-14H,4,15-16H2,1-3H3. The first-order chi connectivity index (χ1) is 15.5. The molecular weight excluding hydrogens is 422 g/mol. The van der Waals surface area contributed by atoms with Crippen LogP contribution in [0, 0.1) is 13.8 Å². The Bertz CT molecular complexity index is 1170. The maximum Gasteiger partial charge on any atom is 0.267 e. The summed E-state index contributed by atoms with van der Waals surface area (Å²) in [5.41, 5.74) is 4.09. The van der Waals surface area contributed by atoms with Gasteiger partial charge in [-0.25, -0.2) is 4.98 Å². The number of hydrogen-bond acceptors (Lipinski definition) is 6. The summed E-state index contributed by atoms with van der Waals surface area (Å²) in [5, 5.41) is 0.654. The van der Waals surface area contributed by atoms with Crippen LogP contribution in [0.3, 0.4) is 0 Å². The summed E-state index contributed by atoms with van der Waals surface area (Å²) >= 11 is 1.52. The quantitative estimate of drug-likeness (QED) is 0.366. The number of benzene rings is 2. The molecule has 2 aromatic carbocycles. The Hall–Kier alpha value is -3.45. The SMILES string of the molecule is CCOc1ccc(OCC(=O)N(Cc2cccnc2)c2nc3c(C)ccc(C)c3s2)cc1. The normalized spacial score (nSPS) is 10.8. The first-order valence-electron chi connectivity index (χ1n) is 10.5. The highest BCUT2D eigenvalue weighted by atomic mass is 32.1. The summed E-state index contributed by atoms with van der Waals surface area (Å²) in [6.45, 7) is 6.91. The van der Waals surface area contributed by atoms with Crippen LogP contribution >= 0.6 is 11.3 Å². The van der Waals surface area contributed by atoms with Crippen LogP contribution in [-0.2, 0) is 11.3 Å². The molecule has 32 heavy (non-hydrogen) atoms. The van der Waals surface area contributed by atoms with E-state index >= 15 is 0 Å². The van der Waals surface area contributed by atoms with E-state index in [1.165, 1.54) is 11.3 Å². The molecule has 0 radical (unpaired) electrons. The summed E-state index contributed by atoms with van der Waals surface area (Å²) in [5.74, 6) is 1.21. The number of rotatable bonds is 8. The van der Waals surface area contributed by atoms with Gasteiger partial charge in [-0.3, -0.25) is 14.7 Å². The van der Waals surface area contributed by atoms with Gasteiger partial charge < -0.3 is 9.47 Å². The molecule has 7 heteroatoms. The minimum absolute atomic E-state index is 0.0951. The molecule has 0 fully saturated rings. The Morgan fingerprint density at radius 1 is 1.00 bits per heavy atom. The summed E-state index contributed by atoms with van der Waals surface area (Å²) in [6.07, 6.45) is 3.48. The summed E-state index contributed by atoms with van der Waals surface area (Å²) < 4.78 is 12.3. The fraction of sp³-hybridized carbons (Fsp3) is 0.240. The number of fused-ring (bicyclic) bond motifs is 1. The number of pyridine rings is 1. The van der Waals surface area contributed by atoms with Crippen LogP contribution in [0.25, 0.3) is 10.2 Å². The van der Waals surface area contributed by atoms with E-state index in [1.54, 1.807) is 29.4 Å². The van der Waals surface area contributed by atoms with Gasteiger partial charge >= 0.3 is 0 Å². The molecule has 0 aliphatic rings. The van der Waals surface area contributed by atoms with E-state index in [9.17, 15) is 4.79 Å². The third-order valence-corrected chi connectivity index (χ3v) is 6.24. The maximum absolute atomic E-state index is 13.3. The van der Waals surface area contributed by atoms with Crippen molar-refractivity contribution in [2.75, 3.05) is 18.1 Å². The smallest absolute Gasteiger partial charge is 0.267 e. The summed E-state index contributed by atoms with van der Waals surface area (Å²) in [6, 6.07) is 15.2. The van der Waals surface area contributed by atoms with Crippen molar-refractivity contribution < 1.29 is 14.3 Å². The van der Waals surface area contributed by atoms with E-state index < -0.39 is 0 Å². The van der Waals surface area contributed by atoms with Crippen LogP contribution in [-0.4, -0.2) is 29.1 Å². The molecule has 0 atom stereocenters. The lowest BCUT2D eigenvalue weighted by Gasteiger charge is -2.20. The van der Waals surface area contributed by atoms with E-state index in [-0.39, 0.29) is 12.5 Å². The summed E-state index contributed by atoms with van der Waals surface area (Å²) in [4.78, 5) is 23.9. The predicted molar refractivity (Wildman–Crippen MR) is 128 cm³/mol. The first-order valence-corrected chi connectivity index (χ1v) is 11.3. The number of carbonyl (C=O) groups excluding carboxylic acids is 1. The van der Waals surface area contributed by atoms with Crippen molar-refractivity contribution >= 4 is 32.6 Å². The highest BCUT2D eigenvalue weighted by Crippen LogP contribution is 2.34. The van der Waals surface area contributed by atoms with Gasteiger partial charge in [0, 0.05) is 12.4 Å². The van der Waals surface area contributed by atoms with Gasteiger partial charge in [0.1, 0.15) is 11.5 Å². The number of aryl methyl sites for hydroxylation is 2. The second-order valence-corrected chi connectivity index (χ2v) is 8.39. The Kier molecular flexibility index (Phi) is 6.66. The topological polar surface area (TPSA) is 64.6 Å². The van der Waals surface area contributed by atoms with Crippen molar-refractivity contribution in [2.45, 2.75) is 27.3 Å². The van der Waals surface area contributed by atoms with E-state index in [4.69, 9.17) is 14.5 Å². The zero-order valence-electron chi connectivity index (χ0n) is 18.4. The molecule has 0 spiro atoms. The van der Waals surface area contributed by atoms with Crippen molar-refractivity contribution in [3.63, 3.8) is 0 Å². The number of hydrogen-bond donors (Lipinski definition) is 0. The molecule has 4 rings (SSSR count). The van der Waals surface area contributed by atoms with Gasteiger partial charge in [-0.05, 0) is 67.8 Å². The highest BCUT2D eigenvalue weighted by Gasteiger charge is 2.22. The predicted octanol–water partition coefficient (Wildman–Crippen LogP) is 5.32. The lowest BCUT2D eigenvalue weighted by Crippen LogP contribution is -2.34. The Morgan fingerprint density at radius 2 is 1.72 bits per heavy atom. The van der Waals surface area contributed by atoms with Gasteiger partial charge in [-0.1, -0.05) is 29.5 Å². The Morgan fingerprint density at radius 3 is 2.38 bits per heavy atom. The maximum atomic E-state index is 13.3. The van der Waals surface area contributed by atoms with Gasteiger partial charge in [0.2, 0.25) is 0 Å². The van der Waals surface area contributed by atoms with Crippen LogP contribution in [0.15, 0.2) is 60.9 Å². The molecule has 2 heterocycles. The lowest BCUT2D eigenvalue weighted by molar-refractivity contribution is -0.120. The third kappa shape index (κ3) is 4.89. The number of aromatic nitrogens is 2. The molecule has 2 aromatic heterocycles. The van der Waals surface area contributed by atoms with Crippen molar-refractivity contribution in [1.82, 2.24) is 9.97 Å². The number of carbonyl (C=O) groups is 1. The molecule has 0 aliphatic carbocycles. The van der Waals surface area contributed by atoms with Gasteiger partial charge in [-0.15, -0.1) is 0 Å². The average molecular weight is 448 g/mol. The number of amides is 1. The Balaban J connectivity index is 1.58.